The number of carbonyl (C=O) groups is 1. The average molecular weight is 423 g/mol. The van der Waals surface area contributed by atoms with Crippen LogP contribution in [0.15, 0.2) is 70.4 Å². The van der Waals surface area contributed by atoms with E-state index in [0.717, 1.165) is 22.8 Å². The number of fused-ring (bicyclic) bond motifs is 2. The van der Waals surface area contributed by atoms with Gasteiger partial charge in [-0.05, 0) is 41.1 Å². The van der Waals surface area contributed by atoms with Crippen LogP contribution in [0.3, 0.4) is 0 Å². The lowest BCUT2D eigenvalue weighted by Gasteiger charge is -2.36. The molecule has 3 heterocycles. The van der Waals surface area contributed by atoms with E-state index in [9.17, 15) is 4.79 Å². The van der Waals surface area contributed by atoms with Crippen molar-refractivity contribution in [3.63, 3.8) is 0 Å². The van der Waals surface area contributed by atoms with Crippen LogP contribution in [0.1, 0.15) is 22.0 Å². The highest BCUT2D eigenvalue weighted by Gasteiger charge is 2.32. The zero-order chi connectivity index (χ0) is 18.9. The molecule has 0 fully saturated rings. The summed E-state index contributed by atoms with van der Waals surface area (Å²) in [7, 11) is 0. The van der Waals surface area contributed by atoms with E-state index in [0.29, 0.717) is 5.75 Å². The number of thiophene rings is 1. The number of hydrogen-bond acceptors (Lipinski definition) is 5. The third-order valence-corrected chi connectivity index (χ3v) is 8.16. The van der Waals surface area contributed by atoms with Crippen LogP contribution in [0.2, 0.25) is 0 Å². The lowest BCUT2D eigenvalue weighted by atomic mass is 9.93. The molecule has 0 saturated carbocycles. The molecule has 1 amide bonds. The third-order valence-electron chi connectivity index (χ3n) is 4.99. The molecule has 140 valence electrons. The molecule has 2 aromatic heterocycles. The van der Waals surface area contributed by atoms with Crippen molar-refractivity contribution in [3.8, 4) is 0 Å². The van der Waals surface area contributed by atoms with Crippen LogP contribution < -0.4 is 0 Å². The lowest BCUT2D eigenvalue weighted by Crippen LogP contribution is -2.41. The standard InChI is InChI=1S/C22H18N2OS3/c25-20(14-27-22-23-17-8-4-5-9-19(17)28-22)24-12-10-18-16(11-13-26-18)21(24)15-6-2-1-3-7-15/h1-9,11,13,21H,10,12,14H2/t21-/m0/s1. The Labute approximate surface area is 176 Å². The largest absolute Gasteiger partial charge is 0.330 e. The van der Waals surface area contributed by atoms with Crippen molar-refractivity contribution in [1.29, 1.82) is 0 Å². The monoisotopic (exact) mass is 422 g/mol. The predicted molar refractivity (Wildman–Crippen MR) is 118 cm³/mol. The van der Waals surface area contributed by atoms with Gasteiger partial charge in [-0.2, -0.15) is 0 Å². The highest BCUT2D eigenvalue weighted by molar-refractivity contribution is 8.01. The van der Waals surface area contributed by atoms with Crippen molar-refractivity contribution in [2.24, 2.45) is 0 Å². The highest BCUT2D eigenvalue weighted by atomic mass is 32.2. The number of para-hydroxylation sites is 1. The Hall–Kier alpha value is -2.15. The van der Waals surface area contributed by atoms with Crippen LogP contribution in [0.5, 0.6) is 0 Å². The van der Waals surface area contributed by atoms with Gasteiger partial charge in [0.2, 0.25) is 5.91 Å². The first kappa shape index (κ1) is 17.9. The number of benzene rings is 2. The molecule has 0 aliphatic carbocycles. The van der Waals surface area contributed by atoms with Crippen LogP contribution in [-0.2, 0) is 11.2 Å². The molecule has 1 aliphatic heterocycles. The third kappa shape index (κ3) is 3.36. The van der Waals surface area contributed by atoms with Gasteiger partial charge in [-0.1, -0.05) is 54.2 Å². The second-order valence-electron chi connectivity index (χ2n) is 6.69. The summed E-state index contributed by atoms with van der Waals surface area (Å²) < 4.78 is 2.12. The smallest absolute Gasteiger partial charge is 0.233 e. The zero-order valence-corrected chi connectivity index (χ0v) is 17.5. The predicted octanol–water partition coefficient (Wildman–Crippen LogP) is 5.62. The van der Waals surface area contributed by atoms with Gasteiger partial charge >= 0.3 is 0 Å². The van der Waals surface area contributed by atoms with Crippen LogP contribution in [-0.4, -0.2) is 28.1 Å². The molecule has 1 aliphatic rings. The minimum Gasteiger partial charge on any atom is -0.330 e. The molecule has 2 aromatic carbocycles. The molecule has 4 aromatic rings. The molecule has 0 N–H and O–H groups in total. The topological polar surface area (TPSA) is 33.2 Å². The second-order valence-corrected chi connectivity index (χ2v) is 9.94. The first-order valence-electron chi connectivity index (χ1n) is 9.18. The van der Waals surface area contributed by atoms with Gasteiger partial charge in [0.05, 0.1) is 22.0 Å². The Morgan fingerprint density at radius 3 is 2.79 bits per heavy atom. The maximum atomic E-state index is 13.2. The Kier molecular flexibility index (Phi) is 4.93. The molecular weight excluding hydrogens is 404 g/mol. The number of aromatic nitrogens is 1. The van der Waals surface area contributed by atoms with E-state index in [1.54, 1.807) is 34.4 Å². The fourth-order valence-corrected chi connectivity index (χ4v) is 6.56. The van der Waals surface area contributed by atoms with Crippen molar-refractivity contribution in [2.45, 2.75) is 16.8 Å². The van der Waals surface area contributed by atoms with Crippen LogP contribution in [0, 0.1) is 0 Å². The summed E-state index contributed by atoms with van der Waals surface area (Å²) in [6.07, 6.45) is 0.938. The molecule has 1 atom stereocenters. The normalized spacial score (nSPS) is 16.3. The number of rotatable bonds is 4. The summed E-state index contributed by atoms with van der Waals surface area (Å²) in [5.41, 5.74) is 3.46. The zero-order valence-electron chi connectivity index (χ0n) is 15.1. The molecule has 0 spiro atoms. The Bertz CT molecular complexity index is 1090. The molecule has 28 heavy (non-hydrogen) atoms. The van der Waals surface area contributed by atoms with E-state index in [2.05, 4.69) is 46.8 Å². The SMILES string of the molecule is O=C(CSc1nc2ccccc2s1)N1CCc2sccc2[C@@H]1c1ccccc1. The second kappa shape index (κ2) is 7.70. The van der Waals surface area contributed by atoms with Gasteiger partial charge in [0.1, 0.15) is 0 Å². The van der Waals surface area contributed by atoms with E-state index in [1.165, 1.54) is 20.7 Å². The average Bonchev–Trinajstić information content (AvgIpc) is 3.38. The van der Waals surface area contributed by atoms with Gasteiger partial charge in [0.25, 0.3) is 0 Å². The van der Waals surface area contributed by atoms with Gasteiger partial charge in [-0.25, -0.2) is 4.98 Å². The number of amides is 1. The molecule has 0 radical (unpaired) electrons. The van der Waals surface area contributed by atoms with Gasteiger partial charge in [-0.15, -0.1) is 22.7 Å². The minimum atomic E-state index is 0.0136. The maximum absolute atomic E-state index is 13.2. The van der Waals surface area contributed by atoms with E-state index in [1.807, 2.05) is 29.2 Å². The minimum absolute atomic E-state index is 0.0136. The van der Waals surface area contributed by atoms with Gasteiger partial charge in [0, 0.05) is 11.4 Å². The van der Waals surface area contributed by atoms with Crippen LogP contribution >= 0.6 is 34.4 Å². The van der Waals surface area contributed by atoms with E-state index >= 15 is 0 Å². The van der Waals surface area contributed by atoms with Gasteiger partial charge in [0.15, 0.2) is 4.34 Å². The van der Waals surface area contributed by atoms with Gasteiger partial charge in [-0.3, -0.25) is 4.79 Å². The first-order chi connectivity index (χ1) is 13.8. The molecule has 0 saturated heterocycles. The van der Waals surface area contributed by atoms with Crippen molar-refractivity contribution in [3.05, 3.63) is 82.0 Å². The maximum Gasteiger partial charge on any atom is 0.233 e. The summed E-state index contributed by atoms with van der Waals surface area (Å²) >= 11 is 5.00. The Balaban J connectivity index is 1.38. The number of thioether (sulfide) groups is 1. The van der Waals surface area contributed by atoms with Crippen LogP contribution in [0.25, 0.3) is 10.2 Å². The molecule has 5 rings (SSSR count). The quantitative estimate of drug-likeness (QED) is 0.400. The fraction of sp³-hybridized carbons (Fsp3) is 0.182. The van der Waals surface area contributed by atoms with E-state index < -0.39 is 0 Å². The highest BCUT2D eigenvalue weighted by Crippen LogP contribution is 2.38. The van der Waals surface area contributed by atoms with Crippen molar-refractivity contribution in [2.75, 3.05) is 12.3 Å². The van der Waals surface area contributed by atoms with E-state index in [-0.39, 0.29) is 11.9 Å². The summed E-state index contributed by atoms with van der Waals surface area (Å²) in [6.45, 7) is 0.770. The Morgan fingerprint density at radius 2 is 1.93 bits per heavy atom. The Morgan fingerprint density at radius 1 is 1.11 bits per heavy atom. The molecular formula is C22H18N2OS3. The van der Waals surface area contributed by atoms with E-state index in [4.69, 9.17) is 0 Å². The summed E-state index contributed by atoms with van der Waals surface area (Å²) in [5.74, 6) is 0.595. The number of carbonyl (C=O) groups excluding carboxylic acids is 1. The van der Waals surface area contributed by atoms with Crippen LogP contribution in [0.4, 0.5) is 0 Å². The summed E-state index contributed by atoms with van der Waals surface area (Å²) in [6, 6.07) is 20.7. The first-order valence-corrected chi connectivity index (χ1v) is 11.9. The van der Waals surface area contributed by atoms with Crippen molar-refractivity contribution in [1.82, 2.24) is 9.88 Å². The fourth-order valence-electron chi connectivity index (χ4n) is 3.70. The molecule has 0 bridgehead atoms. The summed E-state index contributed by atoms with van der Waals surface area (Å²) in [4.78, 5) is 21.3. The summed E-state index contributed by atoms with van der Waals surface area (Å²) in [5, 5.41) is 2.14. The number of hydrogen-bond donors (Lipinski definition) is 0. The van der Waals surface area contributed by atoms with Gasteiger partial charge < -0.3 is 4.90 Å². The number of nitrogens with zero attached hydrogens (tertiary/aromatic N) is 2. The van der Waals surface area contributed by atoms with Crippen molar-refractivity contribution < 1.29 is 4.79 Å². The molecule has 3 nitrogen and oxygen atoms in total. The number of thiazole rings is 1. The van der Waals surface area contributed by atoms with Crippen molar-refractivity contribution >= 4 is 50.6 Å². The molecule has 0 unspecified atom stereocenters. The molecule has 6 heteroatoms. The lowest BCUT2D eigenvalue weighted by molar-refractivity contribution is -0.130.